The van der Waals surface area contributed by atoms with Crippen LogP contribution in [-0.4, -0.2) is 43.2 Å². The summed E-state index contributed by atoms with van der Waals surface area (Å²) in [6, 6.07) is 28.8. The van der Waals surface area contributed by atoms with Gasteiger partial charge in [-0.15, -0.1) is 0 Å². The zero-order valence-electron chi connectivity index (χ0n) is 24.9. The van der Waals surface area contributed by atoms with Crippen LogP contribution in [0.15, 0.2) is 91.0 Å². The number of nitrogens with zero attached hydrogens (tertiary/aromatic N) is 1. The SMILES string of the molecule is O=C(NOc1ccccc1)c1ccc2c(c1)CCCC(c1ccc(Cl)cc1Cl)=C2c1ccc(O[C@H]2CCN(CCCF)C2)cc1. The number of ether oxygens (including phenoxy) is 1. The molecular weight excluding hydrogens is 610 g/mol. The van der Waals surface area contributed by atoms with E-state index in [-0.39, 0.29) is 18.7 Å². The van der Waals surface area contributed by atoms with E-state index in [1.165, 1.54) is 0 Å². The third-order valence-corrected chi connectivity index (χ3v) is 8.90. The Kier molecular flexibility index (Phi) is 10.0. The molecule has 45 heavy (non-hydrogen) atoms. The monoisotopic (exact) mass is 644 g/mol. The van der Waals surface area contributed by atoms with Crippen LogP contribution < -0.4 is 15.1 Å². The maximum Gasteiger partial charge on any atom is 0.283 e. The Labute approximate surface area is 273 Å². The molecule has 1 aliphatic carbocycles. The van der Waals surface area contributed by atoms with Crippen LogP contribution in [0.5, 0.6) is 11.5 Å². The highest BCUT2D eigenvalue weighted by molar-refractivity contribution is 6.36. The highest BCUT2D eigenvalue weighted by atomic mass is 35.5. The summed E-state index contributed by atoms with van der Waals surface area (Å²) in [5, 5.41) is 1.19. The minimum atomic E-state index is -0.311. The van der Waals surface area contributed by atoms with Gasteiger partial charge < -0.3 is 9.57 Å². The Morgan fingerprint density at radius 1 is 0.911 bits per heavy atom. The van der Waals surface area contributed by atoms with Gasteiger partial charge in [0.05, 0.1) is 6.67 Å². The smallest absolute Gasteiger partial charge is 0.283 e. The van der Waals surface area contributed by atoms with Gasteiger partial charge in [0.2, 0.25) is 0 Å². The molecule has 1 heterocycles. The van der Waals surface area contributed by atoms with Crippen molar-refractivity contribution in [3.8, 4) is 11.5 Å². The number of amides is 1. The normalized spacial score (nSPS) is 16.6. The maximum atomic E-state index is 13.0. The molecule has 1 N–H and O–H groups in total. The topological polar surface area (TPSA) is 50.8 Å². The van der Waals surface area contributed by atoms with E-state index >= 15 is 0 Å². The van der Waals surface area contributed by atoms with E-state index in [2.05, 4.69) is 22.5 Å². The molecule has 0 unspecified atom stereocenters. The van der Waals surface area contributed by atoms with E-state index in [1.807, 2.05) is 60.7 Å². The molecule has 4 aromatic carbocycles. The highest BCUT2D eigenvalue weighted by Crippen LogP contribution is 2.42. The van der Waals surface area contributed by atoms with Gasteiger partial charge in [0.15, 0.2) is 5.75 Å². The van der Waals surface area contributed by atoms with Crippen LogP contribution in [0.3, 0.4) is 0 Å². The first-order valence-corrected chi connectivity index (χ1v) is 16.1. The first-order chi connectivity index (χ1) is 22.0. The third-order valence-electron chi connectivity index (χ3n) is 8.36. The van der Waals surface area contributed by atoms with E-state index in [0.29, 0.717) is 27.8 Å². The minimum Gasteiger partial charge on any atom is -0.489 e. The maximum absolute atomic E-state index is 13.0. The van der Waals surface area contributed by atoms with Gasteiger partial charge >= 0.3 is 0 Å². The van der Waals surface area contributed by atoms with Gasteiger partial charge in [-0.2, -0.15) is 5.48 Å². The summed E-state index contributed by atoms with van der Waals surface area (Å²) in [4.78, 5) is 20.8. The lowest BCUT2D eigenvalue weighted by Crippen LogP contribution is -2.27. The zero-order valence-corrected chi connectivity index (χ0v) is 26.4. The standard InChI is InChI=1S/C37H35Cl2FN2O3/c38-28-13-17-33(35(39)23-28)34-9-4-6-26-22-27(37(43)41-45-30-7-2-1-3-8-30)12-16-32(26)36(34)25-10-14-29(15-11-25)44-31-18-21-42(24-31)20-5-19-40/h1-3,7-8,10-17,22-23,31H,4-6,9,18-21,24H2,(H,41,43)/t31-/m0/s1. The fraction of sp³-hybridized carbons (Fsp3) is 0.270. The van der Waals surface area contributed by atoms with Gasteiger partial charge in [0.25, 0.3) is 5.91 Å². The quantitative estimate of drug-likeness (QED) is 0.175. The lowest BCUT2D eigenvalue weighted by molar-refractivity contribution is 0.0760. The minimum absolute atomic E-state index is 0.0900. The zero-order chi connectivity index (χ0) is 31.2. The number of halogens is 3. The van der Waals surface area contributed by atoms with Crippen molar-refractivity contribution in [2.45, 2.75) is 38.2 Å². The summed E-state index contributed by atoms with van der Waals surface area (Å²) in [6.45, 7) is 2.22. The Hall–Kier alpha value is -3.84. The van der Waals surface area contributed by atoms with Crippen molar-refractivity contribution >= 4 is 40.3 Å². The number of hydrogen-bond acceptors (Lipinski definition) is 4. The van der Waals surface area contributed by atoms with Crippen molar-refractivity contribution in [1.82, 2.24) is 10.4 Å². The fourth-order valence-corrected chi connectivity index (χ4v) is 6.71. The van der Waals surface area contributed by atoms with Crippen LogP contribution in [0.2, 0.25) is 10.0 Å². The number of benzene rings is 4. The molecule has 8 heteroatoms. The molecule has 0 radical (unpaired) electrons. The summed E-state index contributed by atoms with van der Waals surface area (Å²) in [5.74, 6) is 1.06. The van der Waals surface area contributed by atoms with Gasteiger partial charge in [0.1, 0.15) is 11.9 Å². The molecule has 232 valence electrons. The molecular formula is C37H35Cl2FN2O3. The van der Waals surface area contributed by atoms with E-state index in [0.717, 1.165) is 84.5 Å². The molecule has 4 aromatic rings. The van der Waals surface area contributed by atoms with Crippen molar-refractivity contribution in [2.75, 3.05) is 26.3 Å². The Balaban J connectivity index is 1.31. The lowest BCUT2D eigenvalue weighted by Gasteiger charge is -2.19. The van der Waals surface area contributed by atoms with Crippen molar-refractivity contribution in [3.63, 3.8) is 0 Å². The summed E-state index contributed by atoms with van der Waals surface area (Å²) < 4.78 is 18.9. The molecule has 0 aromatic heterocycles. The molecule has 2 aliphatic rings. The number of fused-ring (bicyclic) bond motifs is 1. The molecule has 1 atom stereocenters. The lowest BCUT2D eigenvalue weighted by atomic mass is 9.87. The van der Waals surface area contributed by atoms with E-state index in [1.54, 1.807) is 18.2 Å². The molecule has 1 saturated heterocycles. The van der Waals surface area contributed by atoms with E-state index in [4.69, 9.17) is 32.8 Å². The van der Waals surface area contributed by atoms with Crippen LogP contribution in [-0.2, 0) is 6.42 Å². The molecule has 0 bridgehead atoms. The predicted octanol–water partition coefficient (Wildman–Crippen LogP) is 8.83. The number of rotatable bonds is 10. The van der Waals surface area contributed by atoms with Crippen molar-refractivity contribution in [2.24, 2.45) is 0 Å². The fourth-order valence-electron chi connectivity index (χ4n) is 6.19. The predicted molar refractivity (Wildman–Crippen MR) is 179 cm³/mol. The first kappa shape index (κ1) is 31.2. The second-order valence-corrected chi connectivity index (χ2v) is 12.3. The summed E-state index contributed by atoms with van der Waals surface area (Å²) >= 11 is 13.1. The Morgan fingerprint density at radius 3 is 2.49 bits per heavy atom. The molecule has 0 spiro atoms. The average Bonchev–Trinajstić information content (AvgIpc) is 3.42. The number of carbonyl (C=O) groups is 1. The van der Waals surface area contributed by atoms with Crippen LogP contribution >= 0.6 is 23.2 Å². The molecule has 5 nitrogen and oxygen atoms in total. The van der Waals surface area contributed by atoms with Gasteiger partial charge in [0, 0.05) is 35.2 Å². The summed E-state index contributed by atoms with van der Waals surface area (Å²) in [7, 11) is 0. The van der Waals surface area contributed by atoms with Crippen LogP contribution in [0, 0.1) is 0 Å². The van der Waals surface area contributed by atoms with Gasteiger partial charge in [-0.1, -0.05) is 65.7 Å². The number of allylic oxidation sites excluding steroid dienone is 1. The van der Waals surface area contributed by atoms with Gasteiger partial charge in [-0.05, 0) is 114 Å². The molecule has 1 aliphatic heterocycles. The number of alkyl halides is 1. The first-order valence-electron chi connectivity index (χ1n) is 15.4. The summed E-state index contributed by atoms with van der Waals surface area (Å²) in [5.41, 5.74) is 9.41. The number of likely N-dealkylation sites (tertiary alicyclic amines) is 1. The van der Waals surface area contributed by atoms with Crippen LogP contribution in [0.4, 0.5) is 4.39 Å². The Bertz CT molecular complexity index is 1680. The second kappa shape index (κ2) is 14.5. The average molecular weight is 646 g/mol. The van der Waals surface area contributed by atoms with Crippen LogP contribution in [0.1, 0.15) is 58.3 Å². The molecule has 6 rings (SSSR count). The van der Waals surface area contributed by atoms with Crippen molar-refractivity contribution in [3.05, 3.63) is 129 Å². The van der Waals surface area contributed by atoms with E-state index < -0.39 is 0 Å². The number of carbonyl (C=O) groups excluding carboxylic acids is 1. The molecule has 1 amide bonds. The number of hydrogen-bond donors (Lipinski definition) is 1. The van der Waals surface area contributed by atoms with Crippen molar-refractivity contribution < 1.29 is 18.8 Å². The number of para-hydroxylation sites is 1. The number of nitrogens with one attached hydrogen (secondary N) is 1. The van der Waals surface area contributed by atoms with Gasteiger partial charge in [-0.3, -0.25) is 14.1 Å². The summed E-state index contributed by atoms with van der Waals surface area (Å²) in [6.07, 6.45) is 4.07. The largest absolute Gasteiger partial charge is 0.489 e. The van der Waals surface area contributed by atoms with Gasteiger partial charge in [-0.25, -0.2) is 0 Å². The second-order valence-electron chi connectivity index (χ2n) is 11.4. The number of aryl methyl sites for hydroxylation is 1. The van der Waals surface area contributed by atoms with Crippen molar-refractivity contribution in [1.29, 1.82) is 0 Å². The highest BCUT2D eigenvalue weighted by Gasteiger charge is 2.25. The van der Waals surface area contributed by atoms with Crippen LogP contribution in [0.25, 0.3) is 11.1 Å². The molecule has 0 saturated carbocycles. The number of hydroxylamine groups is 1. The Morgan fingerprint density at radius 2 is 1.71 bits per heavy atom. The van der Waals surface area contributed by atoms with E-state index in [9.17, 15) is 9.18 Å². The molecule has 1 fully saturated rings. The third kappa shape index (κ3) is 7.52.